The van der Waals surface area contributed by atoms with Gasteiger partial charge in [0, 0.05) is 58.7 Å². The van der Waals surface area contributed by atoms with E-state index < -0.39 is 0 Å². The summed E-state index contributed by atoms with van der Waals surface area (Å²) in [5, 5.41) is 9.27. The Morgan fingerprint density at radius 3 is 1.05 bits per heavy atom. The first-order chi connectivity index (χ1) is 66.9. The molecule has 3 saturated carbocycles. The average Bonchev–Trinajstić information content (AvgIpc) is 1.70. The van der Waals surface area contributed by atoms with E-state index in [0.29, 0.717) is 64.4 Å². The highest BCUT2D eigenvalue weighted by Gasteiger charge is 2.60. The summed E-state index contributed by atoms with van der Waals surface area (Å²) < 4.78 is 79.4. The van der Waals surface area contributed by atoms with Gasteiger partial charge in [-0.1, -0.05) is 311 Å². The van der Waals surface area contributed by atoms with Crippen LogP contribution in [0, 0.1) is 46.3 Å². The van der Waals surface area contributed by atoms with Gasteiger partial charge in [0.15, 0.2) is 0 Å². The number of carbonyl (C=O) groups excluding carboxylic acids is 3. The SMILES string of the molecule is CC(C)CCC[C@@H](C)[C@H]1CC[C@H]2[C@@H]3CC=C4C[C@@H](OC(=O)NCCCCCCO[C@H]5[C@H](C)OC(COC(C)C)[C@H]5OC(C)C)CC[C@]4(C)[C@H]3CC[C@]12C.CCCCCCCCCCCCCCCC(=O)NCCCCCCO[C@H]1[C@H](C)OC(COC(C)C)[C@H]1OC(C)C.CCCCCCCCCCCCCCCCCCCCCC(=O)NCCCCCCO[C@H]1[C@H](C)OC(COC(C)C)[C@H]1OC(C)C. The second-order valence-electron chi connectivity index (χ2n) is 46.8. The number of alkyl carbamates (subject to hydrolysis) is 1. The number of rotatable bonds is 79. The molecule has 0 aromatic carbocycles. The van der Waals surface area contributed by atoms with E-state index in [1.807, 2.05) is 41.5 Å². The zero-order valence-corrected chi connectivity index (χ0v) is 94.7. The van der Waals surface area contributed by atoms with E-state index in [1.165, 1.54) is 244 Å². The Bertz CT molecular complexity index is 3030. The molecule has 0 aromatic heterocycles. The number of unbranched alkanes of at least 4 members (excludes halogenated alkanes) is 39. The molecule has 3 saturated heterocycles. The molecule has 7 rings (SSSR count). The van der Waals surface area contributed by atoms with Crippen LogP contribution in [0.25, 0.3) is 0 Å². The first kappa shape index (κ1) is 127. The molecular weight excluding hydrogens is 1740 g/mol. The summed E-state index contributed by atoms with van der Waals surface area (Å²) in [5.41, 5.74) is 2.39. The Morgan fingerprint density at radius 2 is 0.705 bits per heavy atom. The van der Waals surface area contributed by atoms with Gasteiger partial charge in [-0.2, -0.15) is 0 Å². The van der Waals surface area contributed by atoms with Gasteiger partial charge in [0.2, 0.25) is 11.8 Å². The average molecular weight is 1970 g/mol. The Hall–Kier alpha value is -2.53. The highest BCUT2D eigenvalue weighted by molar-refractivity contribution is 5.76. The van der Waals surface area contributed by atoms with Gasteiger partial charge in [-0.15, -0.1) is 0 Å². The van der Waals surface area contributed by atoms with E-state index in [-0.39, 0.29) is 139 Å². The molecular formula is C120H227N3O16. The van der Waals surface area contributed by atoms with Crippen molar-refractivity contribution in [3.63, 3.8) is 0 Å². The smallest absolute Gasteiger partial charge is 0.407 e. The lowest BCUT2D eigenvalue weighted by Crippen LogP contribution is -2.51. The van der Waals surface area contributed by atoms with Crippen molar-refractivity contribution in [2.24, 2.45) is 46.3 Å². The maximum Gasteiger partial charge on any atom is 0.407 e. The minimum absolute atomic E-state index is 0.00132. The van der Waals surface area contributed by atoms with Crippen molar-refractivity contribution in [2.75, 3.05) is 59.3 Å². The summed E-state index contributed by atoms with van der Waals surface area (Å²) in [5.74, 6) is 5.52. The number of carbonyl (C=O) groups is 3. The normalized spacial score (nSPS) is 26.9. The summed E-state index contributed by atoms with van der Waals surface area (Å²) in [6.45, 7) is 53.8. The molecule has 19 nitrogen and oxygen atoms in total. The second-order valence-corrected chi connectivity index (χ2v) is 46.8. The molecule has 3 N–H and O–H groups in total. The lowest BCUT2D eigenvalue weighted by Gasteiger charge is -2.58. The van der Waals surface area contributed by atoms with E-state index in [1.54, 1.807) is 5.57 Å². The molecule has 139 heavy (non-hydrogen) atoms. The molecule has 0 radical (unpaired) electrons. The van der Waals surface area contributed by atoms with Crippen molar-refractivity contribution >= 4 is 17.9 Å². The van der Waals surface area contributed by atoms with Crippen molar-refractivity contribution in [1.29, 1.82) is 0 Å². The van der Waals surface area contributed by atoms with Gasteiger partial charge in [-0.25, -0.2) is 4.79 Å². The third kappa shape index (κ3) is 53.0. The quantitative estimate of drug-likeness (QED) is 0.0382. The molecule has 3 aliphatic heterocycles. The highest BCUT2D eigenvalue weighted by atomic mass is 16.6. The number of amides is 3. The van der Waals surface area contributed by atoms with E-state index in [0.717, 1.165) is 158 Å². The van der Waals surface area contributed by atoms with E-state index in [9.17, 15) is 14.4 Å². The van der Waals surface area contributed by atoms with Crippen LogP contribution < -0.4 is 16.0 Å². The molecule has 19 heteroatoms. The van der Waals surface area contributed by atoms with Gasteiger partial charge < -0.3 is 77.5 Å². The maximum atomic E-state index is 12.8. The number of ether oxygens (including phenoxy) is 13. The molecule has 3 amide bonds. The summed E-state index contributed by atoms with van der Waals surface area (Å²) in [4.78, 5) is 37.2. The molecule has 3 unspecified atom stereocenters. The zero-order valence-electron chi connectivity index (χ0n) is 94.7. The molecule has 0 bridgehead atoms. The van der Waals surface area contributed by atoms with Crippen molar-refractivity contribution in [3.8, 4) is 0 Å². The first-order valence-electron chi connectivity index (χ1n) is 59.7. The van der Waals surface area contributed by atoms with E-state index in [4.69, 9.17) is 61.6 Å². The van der Waals surface area contributed by atoms with Crippen LogP contribution in [0.15, 0.2) is 11.6 Å². The van der Waals surface area contributed by atoms with Crippen molar-refractivity contribution < 1.29 is 76.0 Å². The molecule has 0 spiro atoms. The highest BCUT2D eigenvalue weighted by Crippen LogP contribution is 2.67. The second kappa shape index (κ2) is 76.1. The van der Waals surface area contributed by atoms with Crippen molar-refractivity contribution in [3.05, 3.63) is 11.6 Å². The minimum atomic E-state index is -0.244. The van der Waals surface area contributed by atoms with Crippen LogP contribution in [0.5, 0.6) is 0 Å². The summed E-state index contributed by atoms with van der Waals surface area (Å²) in [6, 6.07) is 0. The summed E-state index contributed by atoms with van der Waals surface area (Å²) in [6.07, 6.45) is 73.9. The number of fused-ring (bicyclic) bond motifs is 5. The van der Waals surface area contributed by atoms with Crippen molar-refractivity contribution in [2.45, 2.75) is 634 Å². The zero-order chi connectivity index (χ0) is 101. The molecule has 4 aliphatic carbocycles. The lowest BCUT2D eigenvalue weighted by atomic mass is 9.47. The van der Waals surface area contributed by atoms with Gasteiger partial charge in [0.1, 0.15) is 61.0 Å². The molecule has 818 valence electrons. The van der Waals surface area contributed by atoms with Gasteiger partial charge in [-0.3, -0.25) is 9.59 Å². The Balaban J connectivity index is 0.000000372. The van der Waals surface area contributed by atoms with Gasteiger partial charge in [-0.05, 0) is 247 Å². The number of hydrogen-bond donors (Lipinski definition) is 3. The third-order valence-electron chi connectivity index (χ3n) is 31.8. The first-order valence-corrected chi connectivity index (χ1v) is 59.7. The fraction of sp³-hybridized carbons (Fsp3) is 0.958. The minimum Gasteiger partial charge on any atom is -0.446 e. The molecule has 3 heterocycles. The summed E-state index contributed by atoms with van der Waals surface area (Å²) >= 11 is 0. The fourth-order valence-corrected chi connectivity index (χ4v) is 24.0. The Labute approximate surface area is 856 Å². The van der Waals surface area contributed by atoms with Gasteiger partial charge in [0.05, 0.1) is 74.8 Å². The van der Waals surface area contributed by atoms with Crippen LogP contribution >= 0.6 is 0 Å². The Morgan fingerprint density at radius 1 is 0.367 bits per heavy atom. The van der Waals surface area contributed by atoms with Crippen LogP contribution in [0.2, 0.25) is 0 Å². The third-order valence-corrected chi connectivity index (χ3v) is 31.8. The predicted octanol–water partition coefficient (Wildman–Crippen LogP) is 30.5. The maximum absolute atomic E-state index is 12.8. The fourth-order valence-electron chi connectivity index (χ4n) is 24.0. The topological polar surface area (TPSA) is 207 Å². The summed E-state index contributed by atoms with van der Waals surface area (Å²) in [7, 11) is 0. The number of hydrogen-bond acceptors (Lipinski definition) is 16. The largest absolute Gasteiger partial charge is 0.446 e. The molecule has 20 atom stereocenters. The lowest BCUT2D eigenvalue weighted by molar-refractivity contribution is -0.122. The number of nitrogens with one attached hydrogen (secondary N) is 3. The van der Waals surface area contributed by atoms with Crippen LogP contribution in [0.3, 0.4) is 0 Å². The molecule has 0 aromatic rings. The van der Waals surface area contributed by atoms with E-state index in [2.05, 4.69) is 133 Å². The van der Waals surface area contributed by atoms with Crippen LogP contribution in [-0.4, -0.2) is 193 Å². The predicted molar refractivity (Wildman–Crippen MR) is 577 cm³/mol. The Kier molecular flexibility index (Phi) is 69.4. The van der Waals surface area contributed by atoms with Crippen molar-refractivity contribution in [1.82, 2.24) is 16.0 Å². The molecule has 7 aliphatic rings. The number of allylic oxidation sites excluding steroid dienone is 1. The van der Waals surface area contributed by atoms with E-state index >= 15 is 0 Å². The van der Waals surface area contributed by atoms with Crippen LogP contribution in [0.1, 0.15) is 518 Å². The van der Waals surface area contributed by atoms with Gasteiger partial charge >= 0.3 is 6.09 Å². The van der Waals surface area contributed by atoms with Crippen LogP contribution in [-0.2, 0) is 71.2 Å². The van der Waals surface area contributed by atoms with Crippen LogP contribution in [0.4, 0.5) is 4.79 Å². The monoisotopic (exact) mass is 1970 g/mol. The standard InChI is InChI=1S/C46H81NO6.C40H79NO5.C34H67NO5/c1-30(2)16-15-17-33(7)38-20-21-39-37-19-18-35-28-36(22-24-45(35,9)40(37)23-25-46(38,39)10)53-44(48)47-26-13-11-12-14-27-49-42-34(8)52-41(29-50-31(3)4)43(42)51-32(5)6;1-7-8-9-10-11-12-13-14-15-16-17-18-19-20-21-22-23-24-27-30-38(42)41-31-28-25-26-29-32-43-39-36(6)46-37(33-44-34(2)3)40(39)45-35(4)5;1-7-8-9-10-11-12-13-14-15-16-17-18-21-24-32(36)35-25-22-19-20-23-26-37-33-30(6)40-31(27-38-28(2)3)34(33)39-29(4)5/h18,30-34,36-43H,11-17,19-29H2,1-10H3,(H,47,48);34-37,39-40H,7-33H2,1-6H3,(H,41,42);28-31,33-34H,7-27H2,1-6H3,(H,35,36)/t33-,34+,36+,37+,38-,39+,40+,41?,42+,43-,45+,46-;36-,37?,39-,40+;30-,31?,33-,34+/m100/s1. The van der Waals surface area contributed by atoms with Gasteiger partial charge in [0.25, 0.3) is 0 Å². The molecule has 6 fully saturated rings.